The van der Waals surface area contributed by atoms with Crippen LogP contribution in [-0.4, -0.2) is 73.0 Å². The van der Waals surface area contributed by atoms with E-state index >= 15 is 0 Å². The first-order valence-electron chi connectivity index (χ1n) is 16.7. The summed E-state index contributed by atoms with van der Waals surface area (Å²) in [5, 5.41) is 8.20. The van der Waals surface area contributed by atoms with E-state index in [1.54, 1.807) is 23.3 Å². The van der Waals surface area contributed by atoms with E-state index in [0.717, 1.165) is 26.8 Å². The molecule has 0 aliphatic carbocycles. The van der Waals surface area contributed by atoms with Crippen LogP contribution in [-0.2, 0) is 30.3 Å². The van der Waals surface area contributed by atoms with Gasteiger partial charge in [0, 0.05) is 25.1 Å². The molecule has 0 radical (unpaired) electrons. The van der Waals surface area contributed by atoms with Crippen molar-refractivity contribution in [1.29, 1.82) is 0 Å². The highest BCUT2D eigenvalue weighted by Gasteiger charge is 2.37. The van der Waals surface area contributed by atoms with Crippen LogP contribution in [0.3, 0.4) is 0 Å². The van der Waals surface area contributed by atoms with Gasteiger partial charge in [0.1, 0.15) is 18.1 Å². The van der Waals surface area contributed by atoms with Crippen molar-refractivity contribution in [2.24, 2.45) is 0 Å². The van der Waals surface area contributed by atoms with Crippen LogP contribution in [0.1, 0.15) is 56.4 Å². The summed E-state index contributed by atoms with van der Waals surface area (Å²) in [6, 6.07) is 26.1. The molecular weight excluding hydrogens is 658 g/mol. The molecule has 1 amide bonds. The van der Waals surface area contributed by atoms with Gasteiger partial charge < -0.3 is 37.8 Å². The quantitative estimate of drug-likeness (QED) is 0.0834. The first-order chi connectivity index (χ1) is 24.3. The number of aromatic nitrogens is 2. The Hall–Kier alpha value is -4.33. The molecule has 1 aliphatic rings. The number of amides is 1. The highest BCUT2D eigenvalue weighted by molar-refractivity contribution is 7.13. The SMILES string of the molecule is COCCOCOC(OC1CN(C(=O)OC(C)(C)C)CCC1c1ccc(OCc2nc(-c3cccs3)no2)cc1)c1ccc2ccccc2c1. The molecule has 264 valence electrons. The minimum atomic E-state index is -0.760. The molecule has 3 unspecified atom stereocenters. The summed E-state index contributed by atoms with van der Waals surface area (Å²) in [4.78, 5) is 20.3. The molecule has 0 N–H and O–H groups in total. The molecule has 6 rings (SSSR count). The fourth-order valence-corrected chi connectivity index (χ4v) is 6.39. The summed E-state index contributed by atoms with van der Waals surface area (Å²) in [6.45, 7) is 7.42. The van der Waals surface area contributed by atoms with Gasteiger partial charge in [-0.1, -0.05) is 59.8 Å². The number of carbonyl (C=O) groups excluding carboxylic acids is 1. The fourth-order valence-electron chi connectivity index (χ4n) is 5.74. The van der Waals surface area contributed by atoms with Gasteiger partial charge in [-0.25, -0.2) is 4.79 Å². The molecule has 50 heavy (non-hydrogen) atoms. The lowest BCUT2D eigenvalue weighted by atomic mass is 9.87. The zero-order chi connectivity index (χ0) is 34.9. The molecule has 11 nitrogen and oxygen atoms in total. The lowest BCUT2D eigenvalue weighted by Crippen LogP contribution is -2.48. The van der Waals surface area contributed by atoms with E-state index in [4.69, 9.17) is 32.9 Å². The summed E-state index contributed by atoms with van der Waals surface area (Å²) in [6.07, 6.45) is -0.897. The van der Waals surface area contributed by atoms with Gasteiger partial charge in [0.15, 0.2) is 12.9 Å². The van der Waals surface area contributed by atoms with Crippen molar-refractivity contribution in [2.75, 3.05) is 40.2 Å². The van der Waals surface area contributed by atoms with Gasteiger partial charge in [0.05, 0.1) is 30.7 Å². The minimum Gasteiger partial charge on any atom is -0.484 e. The van der Waals surface area contributed by atoms with Gasteiger partial charge in [-0.2, -0.15) is 4.98 Å². The Morgan fingerprint density at radius 1 is 1.02 bits per heavy atom. The second-order valence-electron chi connectivity index (χ2n) is 13.0. The first-order valence-corrected chi connectivity index (χ1v) is 17.5. The predicted molar refractivity (Wildman–Crippen MR) is 189 cm³/mol. The number of hydrogen-bond donors (Lipinski definition) is 0. The number of likely N-dealkylation sites (tertiary alicyclic amines) is 1. The number of piperidine rings is 1. The molecule has 1 fully saturated rings. The second kappa shape index (κ2) is 16.6. The molecule has 2 aromatic heterocycles. The zero-order valence-electron chi connectivity index (χ0n) is 28.8. The standard InChI is InChI=1S/C38H43N3O8S/c1-38(2,3)48-37(42)41-18-17-31(27-13-15-30(16-14-27)45-24-34-39-35(40-49-34)33-10-7-21-50-33)32(23-41)47-36(46-25-44-20-19-43-4)29-12-11-26-8-5-6-9-28(26)22-29/h5-16,21-22,31-32,36H,17-20,23-25H2,1-4H3. The molecular formula is C38H43N3O8S. The number of fused-ring (bicyclic) bond motifs is 1. The van der Waals surface area contributed by atoms with E-state index in [1.807, 2.05) is 80.7 Å². The normalized spacial score (nSPS) is 17.2. The fraction of sp³-hybridized carbons (Fsp3) is 0.395. The Kier molecular flexibility index (Phi) is 11.8. The van der Waals surface area contributed by atoms with E-state index in [9.17, 15) is 4.79 Å². The maximum absolute atomic E-state index is 13.2. The van der Waals surface area contributed by atoms with Gasteiger partial charge in [-0.05, 0) is 73.2 Å². The van der Waals surface area contributed by atoms with Gasteiger partial charge in [0.25, 0.3) is 5.89 Å². The van der Waals surface area contributed by atoms with Crippen molar-refractivity contribution in [1.82, 2.24) is 15.0 Å². The molecule has 3 heterocycles. The van der Waals surface area contributed by atoms with Crippen LogP contribution in [0.15, 0.2) is 88.8 Å². The van der Waals surface area contributed by atoms with Gasteiger partial charge in [-0.3, -0.25) is 0 Å². The average molecular weight is 702 g/mol. The second-order valence-corrected chi connectivity index (χ2v) is 13.9. The third-order valence-corrected chi connectivity index (χ3v) is 9.04. The maximum atomic E-state index is 13.2. The summed E-state index contributed by atoms with van der Waals surface area (Å²) in [5.74, 6) is 1.56. The van der Waals surface area contributed by atoms with Crippen LogP contribution in [0.4, 0.5) is 4.79 Å². The molecule has 0 spiro atoms. The molecule has 0 bridgehead atoms. The Labute approximate surface area is 296 Å². The number of carbonyl (C=O) groups is 1. The summed E-state index contributed by atoms with van der Waals surface area (Å²) in [7, 11) is 1.62. The zero-order valence-corrected chi connectivity index (χ0v) is 29.6. The Bertz CT molecular complexity index is 1800. The smallest absolute Gasteiger partial charge is 0.410 e. The number of hydrogen-bond acceptors (Lipinski definition) is 11. The average Bonchev–Trinajstić information content (AvgIpc) is 3.83. The predicted octanol–water partition coefficient (Wildman–Crippen LogP) is 7.98. The number of rotatable bonds is 14. The van der Waals surface area contributed by atoms with Crippen LogP contribution < -0.4 is 4.74 Å². The highest BCUT2D eigenvalue weighted by atomic mass is 32.1. The van der Waals surface area contributed by atoms with Gasteiger partial charge in [-0.15, -0.1) is 11.3 Å². The Morgan fingerprint density at radius 3 is 2.60 bits per heavy atom. The summed E-state index contributed by atoms with van der Waals surface area (Å²) in [5.41, 5.74) is 1.28. The molecule has 3 atom stereocenters. The van der Waals surface area contributed by atoms with Crippen LogP contribution in [0.25, 0.3) is 21.5 Å². The number of ether oxygens (including phenoxy) is 6. The van der Waals surface area contributed by atoms with Crippen molar-refractivity contribution < 1.29 is 37.7 Å². The van der Waals surface area contributed by atoms with Gasteiger partial charge in [0.2, 0.25) is 5.82 Å². The van der Waals surface area contributed by atoms with Crippen LogP contribution in [0, 0.1) is 0 Å². The number of nitrogens with zero attached hydrogens (tertiary/aromatic N) is 3. The van der Waals surface area contributed by atoms with Crippen LogP contribution in [0.5, 0.6) is 5.75 Å². The van der Waals surface area contributed by atoms with Crippen molar-refractivity contribution in [3.8, 4) is 16.5 Å². The van der Waals surface area contributed by atoms with Crippen molar-refractivity contribution >= 4 is 28.2 Å². The third-order valence-electron chi connectivity index (χ3n) is 8.17. The Morgan fingerprint density at radius 2 is 1.84 bits per heavy atom. The molecule has 1 aliphatic heterocycles. The van der Waals surface area contributed by atoms with E-state index in [0.29, 0.717) is 50.2 Å². The van der Waals surface area contributed by atoms with Crippen LogP contribution >= 0.6 is 11.3 Å². The van der Waals surface area contributed by atoms with Crippen molar-refractivity contribution in [2.45, 2.75) is 57.7 Å². The summed E-state index contributed by atoms with van der Waals surface area (Å²) >= 11 is 1.55. The number of methoxy groups -OCH3 is 1. The van der Waals surface area contributed by atoms with Crippen LogP contribution in [0.2, 0.25) is 0 Å². The van der Waals surface area contributed by atoms with Crippen molar-refractivity contribution in [3.63, 3.8) is 0 Å². The van der Waals surface area contributed by atoms with Crippen molar-refractivity contribution in [3.05, 3.63) is 101 Å². The lowest BCUT2D eigenvalue weighted by molar-refractivity contribution is -0.228. The third kappa shape index (κ3) is 9.46. The molecule has 3 aromatic carbocycles. The molecule has 5 aromatic rings. The molecule has 1 saturated heterocycles. The largest absolute Gasteiger partial charge is 0.484 e. The number of benzene rings is 3. The Balaban J connectivity index is 1.20. The maximum Gasteiger partial charge on any atom is 0.410 e. The minimum absolute atomic E-state index is 0.00885. The van der Waals surface area contributed by atoms with E-state index in [-0.39, 0.29) is 25.4 Å². The highest BCUT2D eigenvalue weighted by Crippen LogP contribution is 2.36. The summed E-state index contributed by atoms with van der Waals surface area (Å²) < 4.78 is 41.0. The van der Waals surface area contributed by atoms with E-state index in [1.165, 1.54) is 0 Å². The van der Waals surface area contributed by atoms with E-state index < -0.39 is 18.0 Å². The van der Waals surface area contributed by atoms with E-state index in [2.05, 4.69) is 34.4 Å². The lowest BCUT2D eigenvalue weighted by Gasteiger charge is -2.40. The monoisotopic (exact) mass is 701 g/mol. The molecule has 0 saturated carbocycles. The van der Waals surface area contributed by atoms with Gasteiger partial charge >= 0.3 is 6.09 Å². The topological polar surface area (TPSA) is 115 Å². The first kappa shape index (κ1) is 35.5. The molecule has 12 heteroatoms. The number of thiophene rings is 1.